The number of para-hydroxylation sites is 1. The molecule has 0 saturated carbocycles. The van der Waals surface area contributed by atoms with Crippen LogP contribution >= 0.6 is 0 Å². The predicted octanol–water partition coefficient (Wildman–Crippen LogP) is 3.15. The van der Waals surface area contributed by atoms with Gasteiger partial charge >= 0.3 is 0 Å². The quantitative estimate of drug-likeness (QED) is 0.843. The van der Waals surface area contributed by atoms with Crippen LogP contribution < -0.4 is 4.74 Å². The summed E-state index contributed by atoms with van der Waals surface area (Å²) in [6.45, 7) is 0.102. The third-order valence-electron chi connectivity index (χ3n) is 2.49. The van der Waals surface area contributed by atoms with Gasteiger partial charge in [0.05, 0.1) is 17.2 Å². The molecule has 0 atom stereocenters. The summed E-state index contributed by atoms with van der Waals surface area (Å²) in [6.07, 6.45) is 0. The Labute approximate surface area is 110 Å². The lowest BCUT2D eigenvalue weighted by atomic mass is 10.1. The molecule has 92 valence electrons. The van der Waals surface area contributed by atoms with Crippen molar-refractivity contribution in [3.8, 4) is 17.9 Å². The van der Waals surface area contributed by atoms with Gasteiger partial charge in [-0.25, -0.2) is 4.39 Å². The van der Waals surface area contributed by atoms with E-state index in [4.69, 9.17) is 15.3 Å². The fourth-order valence-corrected chi connectivity index (χ4v) is 1.64. The van der Waals surface area contributed by atoms with E-state index < -0.39 is 5.82 Å². The van der Waals surface area contributed by atoms with Crippen molar-refractivity contribution >= 4 is 0 Å². The van der Waals surface area contributed by atoms with E-state index in [0.717, 1.165) is 6.07 Å². The number of hydrogen-bond donors (Lipinski definition) is 0. The van der Waals surface area contributed by atoms with Crippen LogP contribution in [-0.4, -0.2) is 0 Å². The van der Waals surface area contributed by atoms with Crippen molar-refractivity contribution in [1.29, 1.82) is 10.5 Å². The molecule has 0 aliphatic rings. The van der Waals surface area contributed by atoms with Crippen LogP contribution in [-0.2, 0) is 6.61 Å². The average molecular weight is 252 g/mol. The smallest absolute Gasteiger partial charge is 0.137 e. The fourth-order valence-electron chi connectivity index (χ4n) is 1.64. The van der Waals surface area contributed by atoms with Gasteiger partial charge in [0.25, 0.3) is 0 Å². The molecule has 0 bridgehead atoms. The Balaban J connectivity index is 2.17. The Morgan fingerprint density at radius 2 is 1.84 bits per heavy atom. The van der Waals surface area contributed by atoms with Crippen molar-refractivity contribution in [2.75, 3.05) is 0 Å². The number of benzene rings is 2. The van der Waals surface area contributed by atoms with Crippen molar-refractivity contribution in [2.24, 2.45) is 0 Å². The van der Waals surface area contributed by atoms with Gasteiger partial charge in [-0.3, -0.25) is 0 Å². The largest absolute Gasteiger partial charge is 0.488 e. The lowest BCUT2D eigenvalue weighted by Crippen LogP contribution is -1.98. The third-order valence-corrected chi connectivity index (χ3v) is 2.49. The summed E-state index contributed by atoms with van der Waals surface area (Å²) in [4.78, 5) is 0. The van der Waals surface area contributed by atoms with Gasteiger partial charge in [0.15, 0.2) is 0 Å². The van der Waals surface area contributed by atoms with Crippen LogP contribution in [0.2, 0.25) is 0 Å². The zero-order valence-electron chi connectivity index (χ0n) is 9.93. The molecule has 0 aliphatic carbocycles. The van der Waals surface area contributed by atoms with Crippen LogP contribution in [0.3, 0.4) is 0 Å². The second-order valence-corrected chi connectivity index (χ2v) is 3.86. The van der Waals surface area contributed by atoms with Crippen LogP contribution in [0.25, 0.3) is 0 Å². The Morgan fingerprint density at radius 3 is 2.58 bits per heavy atom. The number of hydrogen-bond acceptors (Lipinski definition) is 3. The van der Waals surface area contributed by atoms with Crippen molar-refractivity contribution < 1.29 is 9.13 Å². The van der Waals surface area contributed by atoms with Gasteiger partial charge in [-0.15, -0.1) is 0 Å². The molecule has 2 aromatic rings. The minimum Gasteiger partial charge on any atom is -0.488 e. The van der Waals surface area contributed by atoms with Gasteiger partial charge in [0.1, 0.15) is 24.2 Å². The van der Waals surface area contributed by atoms with Crippen LogP contribution in [0.1, 0.15) is 16.7 Å². The average Bonchev–Trinajstić information content (AvgIpc) is 2.44. The summed E-state index contributed by atoms with van der Waals surface area (Å²) in [6, 6.07) is 14.7. The molecule has 0 unspecified atom stereocenters. The minimum atomic E-state index is -0.480. The molecule has 2 aromatic carbocycles. The molecular weight excluding hydrogens is 243 g/mol. The Morgan fingerprint density at radius 1 is 1.05 bits per heavy atom. The maximum atomic E-state index is 13.2. The van der Waals surface area contributed by atoms with E-state index in [1.165, 1.54) is 6.07 Å². The van der Waals surface area contributed by atoms with E-state index in [2.05, 4.69) is 0 Å². The number of halogens is 1. The van der Waals surface area contributed by atoms with Crippen LogP contribution in [0.15, 0.2) is 42.5 Å². The summed E-state index contributed by atoms with van der Waals surface area (Å²) in [7, 11) is 0. The summed E-state index contributed by atoms with van der Waals surface area (Å²) in [5, 5.41) is 17.7. The molecule has 0 N–H and O–H groups in total. The normalized spacial score (nSPS) is 9.42. The van der Waals surface area contributed by atoms with Crippen molar-refractivity contribution in [3.63, 3.8) is 0 Å². The molecule has 0 radical (unpaired) electrons. The zero-order valence-corrected chi connectivity index (χ0v) is 9.93. The zero-order chi connectivity index (χ0) is 13.7. The second-order valence-electron chi connectivity index (χ2n) is 3.86. The molecule has 0 aliphatic heterocycles. The van der Waals surface area contributed by atoms with E-state index in [1.807, 2.05) is 12.1 Å². The number of nitriles is 2. The molecule has 0 spiro atoms. The van der Waals surface area contributed by atoms with Gasteiger partial charge in [0, 0.05) is 0 Å². The molecule has 0 saturated heterocycles. The summed E-state index contributed by atoms with van der Waals surface area (Å²) >= 11 is 0. The standard InChI is InChI=1S/C15H9FN2O/c16-14-6-11(8-17)5-12(7-14)10-19-15-4-2-1-3-13(15)9-18/h1-7H,10H2. The highest BCUT2D eigenvalue weighted by molar-refractivity contribution is 5.42. The third kappa shape index (κ3) is 3.08. The first-order valence-electron chi connectivity index (χ1n) is 5.54. The summed E-state index contributed by atoms with van der Waals surface area (Å²) in [5.41, 5.74) is 1.20. The molecule has 19 heavy (non-hydrogen) atoms. The topological polar surface area (TPSA) is 56.8 Å². The van der Waals surface area contributed by atoms with Gasteiger partial charge in [-0.05, 0) is 35.9 Å². The molecular formula is C15H9FN2O. The van der Waals surface area contributed by atoms with E-state index in [9.17, 15) is 4.39 Å². The molecule has 4 heteroatoms. The van der Waals surface area contributed by atoms with Crippen molar-refractivity contribution in [3.05, 3.63) is 65.0 Å². The first kappa shape index (κ1) is 12.6. The van der Waals surface area contributed by atoms with Gasteiger partial charge in [0.2, 0.25) is 0 Å². The van der Waals surface area contributed by atoms with Gasteiger partial charge in [-0.2, -0.15) is 10.5 Å². The summed E-state index contributed by atoms with van der Waals surface area (Å²) < 4.78 is 18.7. The Bertz CT molecular complexity index is 683. The molecule has 0 amide bonds. The first-order valence-corrected chi connectivity index (χ1v) is 5.54. The highest BCUT2D eigenvalue weighted by atomic mass is 19.1. The lowest BCUT2D eigenvalue weighted by molar-refractivity contribution is 0.304. The monoisotopic (exact) mass is 252 g/mol. The fraction of sp³-hybridized carbons (Fsp3) is 0.0667. The van der Waals surface area contributed by atoms with Crippen LogP contribution in [0, 0.1) is 28.5 Å². The molecule has 0 heterocycles. The summed E-state index contributed by atoms with van der Waals surface area (Å²) in [5.74, 6) is -0.0426. The van der Waals surface area contributed by atoms with E-state index >= 15 is 0 Å². The maximum absolute atomic E-state index is 13.2. The maximum Gasteiger partial charge on any atom is 0.137 e. The number of ether oxygens (including phenoxy) is 1. The predicted molar refractivity (Wildman–Crippen MR) is 66.6 cm³/mol. The highest BCUT2D eigenvalue weighted by Gasteiger charge is 2.04. The van der Waals surface area contributed by atoms with E-state index in [1.54, 1.807) is 30.3 Å². The van der Waals surface area contributed by atoms with Gasteiger partial charge in [-0.1, -0.05) is 12.1 Å². The van der Waals surface area contributed by atoms with E-state index in [0.29, 0.717) is 16.9 Å². The molecule has 3 nitrogen and oxygen atoms in total. The van der Waals surface area contributed by atoms with Crippen molar-refractivity contribution in [2.45, 2.75) is 6.61 Å². The SMILES string of the molecule is N#Cc1cc(F)cc(COc2ccccc2C#N)c1. The van der Waals surface area contributed by atoms with Gasteiger partial charge < -0.3 is 4.74 Å². The highest BCUT2D eigenvalue weighted by Crippen LogP contribution is 2.18. The molecule has 0 fully saturated rings. The molecule has 0 aromatic heterocycles. The lowest BCUT2D eigenvalue weighted by Gasteiger charge is -2.08. The second kappa shape index (κ2) is 5.66. The van der Waals surface area contributed by atoms with E-state index in [-0.39, 0.29) is 12.2 Å². The first-order chi connectivity index (χ1) is 9.22. The Hall–Kier alpha value is -2.85. The molecule has 2 rings (SSSR count). The van der Waals surface area contributed by atoms with Crippen LogP contribution in [0.4, 0.5) is 4.39 Å². The van der Waals surface area contributed by atoms with Crippen LogP contribution in [0.5, 0.6) is 5.75 Å². The van der Waals surface area contributed by atoms with Crippen molar-refractivity contribution in [1.82, 2.24) is 0 Å². The number of nitrogens with zero attached hydrogens (tertiary/aromatic N) is 2. The Kier molecular flexibility index (Phi) is 3.75. The minimum absolute atomic E-state index is 0.102. The number of rotatable bonds is 3.